The lowest BCUT2D eigenvalue weighted by molar-refractivity contribution is 0.355. The monoisotopic (exact) mass is 281 g/mol. The van der Waals surface area contributed by atoms with Crippen molar-refractivity contribution in [1.82, 2.24) is 9.55 Å². The normalized spacial score (nSPS) is 18.5. The predicted molar refractivity (Wildman–Crippen MR) is 85.2 cm³/mol. The highest BCUT2D eigenvalue weighted by Crippen LogP contribution is 2.30. The first-order valence-corrected chi connectivity index (χ1v) is 8.81. The van der Waals surface area contributed by atoms with Crippen LogP contribution in [0.15, 0.2) is 6.20 Å². The molecule has 2 rings (SSSR count). The van der Waals surface area contributed by atoms with E-state index in [1.807, 2.05) is 11.8 Å². The molecule has 0 radical (unpaired) electrons. The molecule has 3 nitrogen and oxygen atoms in total. The maximum atomic E-state index is 4.65. The zero-order chi connectivity index (χ0) is 13.7. The van der Waals surface area contributed by atoms with E-state index in [0.29, 0.717) is 11.3 Å². The number of hydrogen-bond acceptors (Lipinski definition) is 3. The second-order valence-electron chi connectivity index (χ2n) is 5.67. The van der Waals surface area contributed by atoms with Gasteiger partial charge in [0, 0.05) is 24.0 Å². The average Bonchev–Trinajstić information content (AvgIpc) is 2.80. The third-order valence-corrected chi connectivity index (χ3v) is 5.10. The van der Waals surface area contributed by atoms with E-state index in [9.17, 15) is 0 Å². The quantitative estimate of drug-likeness (QED) is 0.845. The molecule has 1 aliphatic rings. The molecular weight excluding hydrogens is 254 g/mol. The van der Waals surface area contributed by atoms with Gasteiger partial charge in [-0.05, 0) is 32.4 Å². The van der Waals surface area contributed by atoms with Gasteiger partial charge in [0.15, 0.2) is 0 Å². The second kappa shape index (κ2) is 7.22. The van der Waals surface area contributed by atoms with E-state index in [-0.39, 0.29) is 0 Å². The lowest BCUT2D eigenvalue weighted by Gasteiger charge is -2.25. The van der Waals surface area contributed by atoms with Crippen molar-refractivity contribution in [1.29, 1.82) is 0 Å². The third kappa shape index (κ3) is 4.16. The minimum Gasteiger partial charge on any atom is -0.356 e. The van der Waals surface area contributed by atoms with Crippen molar-refractivity contribution in [2.75, 3.05) is 18.1 Å². The Balaban J connectivity index is 1.95. The number of anilines is 1. The van der Waals surface area contributed by atoms with Crippen LogP contribution < -0.4 is 5.32 Å². The Morgan fingerprint density at radius 1 is 1.42 bits per heavy atom. The summed E-state index contributed by atoms with van der Waals surface area (Å²) in [6, 6.07) is 0.662. The molecule has 0 spiro atoms. The fraction of sp³-hybridized carbons (Fsp3) is 0.800. The average molecular weight is 281 g/mol. The van der Waals surface area contributed by atoms with E-state index < -0.39 is 0 Å². The summed E-state index contributed by atoms with van der Waals surface area (Å²) >= 11 is 1.93. The number of hydrogen-bond donors (Lipinski definition) is 1. The standard InChI is InChI=1S/C15H27N3S/c1-12-11-18(14-7-5-4-6-8-14)15(17-12)16-10-9-13(2)19-3/h11,13-14H,4-10H2,1-3H3,(H,16,17). The molecule has 0 bridgehead atoms. The minimum absolute atomic E-state index is 0.662. The summed E-state index contributed by atoms with van der Waals surface area (Å²) in [5.41, 5.74) is 1.13. The predicted octanol–water partition coefficient (Wildman–Crippen LogP) is 4.25. The van der Waals surface area contributed by atoms with Crippen LogP contribution in [0.1, 0.15) is 57.2 Å². The van der Waals surface area contributed by atoms with Crippen LogP contribution in [0.3, 0.4) is 0 Å². The molecule has 1 saturated carbocycles. The van der Waals surface area contributed by atoms with Gasteiger partial charge in [-0.1, -0.05) is 26.2 Å². The number of nitrogens with zero attached hydrogens (tertiary/aromatic N) is 2. The molecule has 1 aliphatic carbocycles. The summed E-state index contributed by atoms with van der Waals surface area (Å²) in [5, 5.41) is 4.25. The number of nitrogens with one attached hydrogen (secondary N) is 1. The van der Waals surface area contributed by atoms with Gasteiger partial charge in [-0.25, -0.2) is 4.98 Å². The number of imidazole rings is 1. The van der Waals surface area contributed by atoms with Gasteiger partial charge in [0.2, 0.25) is 5.95 Å². The minimum atomic E-state index is 0.662. The van der Waals surface area contributed by atoms with Crippen LogP contribution in [-0.2, 0) is 0 Å². The Kier molecular flexibility index (Phi) is 5.61. The largest absolute Gasteiger partial charge is 0.356 e. The van der Waals surface area contributed by atoms with Crippen LogP contribution in [0.25, 0.3) is 0 Å². The lowest BCUT2D eigenvalue weighted by Crippen LogP contribution is -2.17. The van der Waals surface area contributed by atoms with Gasteiger partial charge in [0.25, 0.3) is 0 Å². The summed E-state index contributed by atoms with van der Waals surface area (Å²) in [5.74, 6) is 1.08. The van der Waals surface area contributed by atoms with E-state index in [1.54, 1.807) is 0 Å². The molecule has 108 valence electrons. The van der Waals surface area contributed by atoms with E-state index >= 15 is 0 Å². The SMILES string of the molecule is CSC(C)CCNc1nc(C)cn1C1CCCCC1. The van der Waals surface area contributed by atoms with Crippen LogP contribution >= 0.6 is 11.8 Å². The molecule has 1 atom stereocenters. The summed E-state index contributed by atoms with van der Waals surface area (Å²) < 4.78 is 2.39. The van der Waals surface area contributed by atoms with Gasteiger partial charge in [-0.2, -0.15) is 11.8 Å². The molecule has 4 heteroatoms. The van der Waals surface area contributed by atoms with E-state index in [0.717, 1.165) is 18.2 Å². The smallest absolute Gasteiger partial charge is 0.203 e. The van der Waals surface area contributed by atoms with E-state index in [4.69, 9.17) is 0 Å². The maximum absolute atomic E-state index is 4.65. The molecule has 0 amide bonds. The second-order valence-corrected chi connectivity index (χ2v) is 6.94. The molecule has 1 aromatic rings. The summed E-state index contributed by atoms with van der Waals surface area (Å²) in [7, 11) is 0. The van der Waals surface area contributed by atoms with Gasteiger partial charge in [0.1, 0.15) is 0 Å². The summed E-state index contributed by atoms with van der Waals surface area (Å²) in [6.45, 7) is 5.39. The first kappa shape index (κ1) is 14.8. The highest BCUT2D eigenvalue weighted by atomic mass is 32.2. The third-order valence-electron chi connectivity index (χ3n) is 4.06. The van der Waals surface area contributed by atoms with Crippen LogP contribution in [0.5, 0.6) is 0 Å². The molecule has 1 heterocycles. The Morgan fingerprint density at radius 3 is 2.84 bits per heavy atom. The number of rotatable bonds is 6. The Hall–Kier alpha value is -0.640. The van der Waals surface area contributed by atoms with Gasteiger partial charge in [0.05, 0.1) is 5.69 Å². The molecule has 1 unspecified atom stereocenters. The first-order chi connectivity index (χ1) is 9.20. The molecule has 19 heavy (non-hydrogen) atoms. The molecule has 0 saturated heterocycles. The van der Waals surface area contributed by atoms with Gasteiger partial charge in [-0.15, -0.1) is 0 Å². The Morgan fingerprint density at radius 2 is 2.16 bits per heavy atom. The van der Waals surface area contributed by atoms with Crippen molar-refractivity contribution in [2.45, 2.75) is 63.7 Å². The summed E-state index contributed by atoms with van der Waals surface area (Å²) in [4.78, 5) is 4.65. The number of aryl methyl sites for hydroxylation is 1. The lowest BCUT2D eigenvalue weighted by atomic mass is 9.95. The zero-order valence-electron chi connectivity index (χ0n) is 12.5. The fourth-order valence-electron chi connectivity index (χ4n) is 2.79. The molecular formula is C15H27N3S. The topological polar surface area (TPSA) is 29.9 Å². The molecule has 1 fully saturated rings. The molecule has 1 N–H and O–H groups in total. The Labute approximate surface area is 121 Å². The van der Waals surface area contributed by atoms with Crippen molar-refractivity contribution in [3.05, 3.63) is 11.9 Å². The maximum Gasteiger partial charge on any atom is 0.203 e. The van der Waals surface area contributed by atoms with Crippen LogP contribution in [0.4, 0.5) is 5.95 Å². The van der Waals surface area contributed by atoms with Crippen LogP contribution in [-0.4, -0.2) is 27.6 Å². The van der Waals surface area contributed by atoms with Crippen LogP contribution in [0, 0.1) is 6.92 Å². The van der Waals surface area contributed by atoms with Crippen molar-refractivity contribution >= 4 is 17.7 Å². The molecule has 1 aromatic heterocycles. The van der Waals surface area contributed by atoms with E-state index in [1.165, 1.54) is 38.5 Å². The molecule has 0 aromatic carbocycles. The Bertz CT molecular complexity index is 383. The van der Waals surface area contributed by atoms with Crippen molar-refractivity contribution in [3.8, 4) is 0 Å². The van der Waals surface area contributed by atoms with Crippen molar-refractivity contribution in [3.63, 3.8) is 0 Å². The molecule has 0 aliphatic heterocycles. The zero-order valence-corrected chi connectivity index (χ0v) is 13.3. The fourth-order valence-corrected chi connectivity index (χ4v) is 3.14. The first-order valence-electron chi connectivity index (χ1n) is 7.53. The van der Waals surface area contributed by atoms with E-state index in [2.05, 4.69) is 41.2 Å². The van der Waals surface area contributed by atoms with Crippen molar-refractivity contribution < 1.29 is 0 Å². The van der Waals surface area contributed by atoms with Gasteiger partial charge < -0.3 is 9.88 Å². The van der Waals surface area contributed by atoms with Crippen molar-refractivity contribution in [2.24, 2.45) is 0 Å². The summed E-state index contributed by atoms with van der Waals surface area (Å²) in [6.07, 6.45) is 12.3. The number of thioether (sulfide) groups is 1. The number of aromatic nitrogens is 2. The van der Waals surface area contributed by atoms with Crippen LogP contribution in [0.2, 0.25) is 0 Å². The van der Waals surface area contributed by atoms with Gasteiger partial charge in [-0.3, -0.25) is 0 Å². The highest BCUT2D eigenvalue weighted by Gasteiger charge is 2.18. The highest BCUT2D eigenvalue weighted by molar-refractivity contribution is 7.99. The van der Waals surface area contributed by atoms with Gasteiger partial charge >= 0.3 is 0 Å².